The Bertz CT molecular complexity index is 153. The Morgan fingerprint density at radius 3 is 2.88 bits per heavy atom. The maximum absolute atomic E-state index is 3.63. The molecular weight excluding hydrogens is 196 g/mol. The highest BCUT2D eigenvalue weighted by Gasteiger charge is 2.11. The molecular formula is C14H30N2. The molecule has 1 aliphatic heterocycles. The molecule has 0 aromatic heterocycles. The van der Waals surface area contributed by atoms with Crippen molar-refractivity contribution in [2.45, 2.75) is 77.3 Å². The van der Waals surface area contributed by atoms with E-state index >= 15 is 0 Å². The van der Waals surface area contributed by atoms with Gasteiger partial charge >= 0.3 is 0 Å². The molecule has 1 rings (SSSR count). The Morgan fingerprint density at radius 1 is 1.31 bits per heavy atom. The van der Waals surface area contributed by atoms with Crippen molar-refractivity contribution in [3.05, 3.63) is 0 Å². The van der Waals surface area contributed by atoms with Crippen LogP contribution in [0.25, 0.3) is 0 Å². The van der Waals surface area contributed by atoms with Crippen LogP contribution in [0.2, 0.25) is 0 Å². The molecule has 0 aromatic rings. The van der Waals surface area contributed by atoms with E-state index in [4.69, 9.17) is 0 Å². The third kappa shape index (κ3) is 6.49. The fourth-order valence-electron chi connectivity index (χ4n) is 2.48. The zero-order chi connectivity index (χ0) is 11.6. The summed E-state index contributed by atoms with van der Waals surface area (Å²) in [5.41, 5.74) is 0. The first kappa shape index (κ1) is 14.0. The summed E-state index contributed by atoms with van der Waals surface area (Å²) >= 11 is 0. The minimum Gasteiger partial charge on any atom is -0.314 e. The minimum atomic E-state index is 0.708. The number of nitrogens with one attached hydrogen (secondary N) is 2. The van der Waals surface area contributed by atoms with E-state index in [2.05, 4.69) is 24.5 Å². The van der Waals surface area contributed by atoms with Crippen LogP contribution in [-0.2, 0) is 0 Å². The van der Waals surface area contributed by atoms with Crippen molar-refractivity contribution in [3.63, 3.8) is 0 Å². The van der Waals surface area contributed by atoms with Gasteiger partial charge < -0.3 is 10.6 Å². The van der Waals surface area contributed by atoms with Crippen molar-refractivity contribution in [1.82, 2.24) is 10.6 Å². The smallest absolute Gasteiger partial charge is 0.00675 e. The molecule has 2 heteroatoms. The van der Waals surface area contributed by atoms with Gasteiger partial charge in [0, 0.05) is 12.1 Å². The quantitative estimate of drug-likeness (QED) is 0.622. The van der Waals surface area contributed by atoms with Crippen LogP contribution >= 0.6 is 0 Å². The third-order valence-electron chi connectivity index (χ3n) is 3.63. The molecule has 0 amide bonds. The third-order valence-corrected chi connectivity index (χ3v) is 3.63. The molecule has 0 aromatic carbocycles. The van der Waals surface area contributed by atoms with Gasteiger partial charge in [-0.25, -0.2) is 0 Å². The highest BCUT2D eigenvalue weighted by atomic mass is 14.9. The second-order valence-corrected chi connectivity index (χ2v) is 5.29. The van der Waals surface area contributed by atoms with E-state index < -0.39 is 0 Å². The molecule has 16 heavy (non-hydrogen) atoms. The Balaban J connectivity index is 1.90. The normalized spacial score (nSPS) is 23.2. The number of hydrogen-bond acceptors (Lipinski definition) is 2. The zero-order valence-electron chi connectivity index (χ0n) is 11.2. The van der Waals surface area contributed by atoms with Gasteiger partial charge in [0.2, 0.25) is 0 Å². The first-order valence-corrected chi connectivity index (χ1v) is 7.29. The molecule has 1 fully saturated rings. The van der Waals surface area contributed by atoms with Crippen molar-refractivity contribution >= 4 is 0 Å². The molecule has 2 atom stereocenters. The molecule has 1 aliphatic rings. The number of unbranched alkanes of at least 4 members (excludes halogenated alkanes) is 1. The molecule has 0 spiro atoms. The Hall–Kier alpha value is -0.0800. The highest BCUT2D eigenvalue weighted by molar-refractivity contribution is 4.72. The van der Waals surface area contributed by atoms with E-state index in [0.29, 0.717) is 6.04 Å². The van der Waals surface area contributed by atoms with Crippen LogP contribution in [0.5, 0.6) is 0 Å². The lowest BCUT2D eigenvalue weighted by Gasteiger charge is -2.23. The SMILES string of the molecule is CCCCC(C)NCCCC1CCCCN1. The van der Waals surface area contributed by atoms with Crippen molar-refractivity contribution < 1.29 is 0 Å². The molecule has 0 saturated carbocycles. The first-order chi connectivity index (χ1) is 7.83. The Kier molecular flexibility index (Phi) is 7.87. The standard InChI is InChI=1S/C14H30N2/c1-3-4-8-13(2)15-12-7-10-14-9-5-6-11-16-14/h13-16H,3-12H2,1-2H3. The van der Waals surface area contributed by atoms with Gasteiger partial charge in [-0.05, 0) is 52.1 Å². The van der Waals surface area contributed by atoms with Crippen LogP contribution in [0.3, 0.4) is 0 Å². The van der Waals surface area contributed by atoms with Gasteiger partial charge in [-0.15, -0.1) is 0 Å². The zero-order valence-corrected chi connectivity index (χ0v) is 11.2. The van der Waals surface area contributed by atoms with E-state index in [1.54, 1.807) is 0 Å². The minimum absolute atomic E-state index is 0.708. The molecule has 2 unspecified atom stereocenters. The average Bonchev–Trinajstić information content (AvgIpc) is 2.33. The van der Waals surface area contributed by atoms with Gasteiger partial charge in [-0.2, -0.15) is 0 Å². The monoisotopic (exact) mass is 226 g/mol. The number of hydrogen-bond donors (Lipinski definition) is 2. The van der Waals surface area contributed by atoms with Gasteiger partial charge in [0.05, 0.1) is 0 Å². The van der Waals surface area contributed by atoms with E-state index in [-0.39, 0.29) is 0 Å². The summed E-state index contributed by atoms with van der Waals surface area (Å²) in [5.74, 6) is 0. The maximum Gasteiger partial charge on any atom is 0.00675 e. The van der Waals surface area contributed by atoms with Crippen LogP contribution in [0.4, 0.5) is 0 Å². The van der Waals surface area contributed by atoms with E-state index in [0.717, 1.165) is 6.04 Å². The van der Waals surface area contributed by atoms with Gasteiger partial charge in [-0.3, -0.25) is 0 Å². The second-order valence-electron chi connectivity index (χ2n) is 5.29. The highest BCUT2D eigenvalue weighted by Crippen LogP contribution is 2.11. The van der Waals surface area contributed by atoms with Gasteiger partial charge in [0.15, 0.2) is 0 Å². The predicted molar refractivity (Wildman–Crippen MR) is 71.9 cm³/mol. The average molecular weight is 226 g/mol. The maximum atomic E-state index is 3.63. The van der Waals surface area contributed by atoms with Crippen molar-refractivity contribution in [2.75, 3.05) is 13.1 Å². The Labute approximate surface area is 102 Å². The summed E-state index contributed by atoms with van der Waals surface area (Å²) in [7, 11) is 0. The summed E-state index contributed by atoms with van der Waals surface area (Å²) < 4.78 is 0. The first-order valence-electron chi connectivity index (χ1n) is 7.29. The van der Waals surface area contributed by atoms with Crippen LogP contribution in [-0.4, -0.2) is 25.2 Å². The van der Waals surface area contributed by atoms with E-state index in [9.17, 15) is 0 Å². The Morgan fingerprint density at radius 2 is 2.19 bits per heavy atom. The summed E-state index contributed by atoms with van der Waals surface area (Å²) in [4.78, 5) is 0. The fraction of sp³-hybridized carbons (Fsp3) is 1.00. The number of piperidine rings is 1. The van der Waals surface area contributed by atoms with Crippen LogP contribution in [0.15, 0.2) is 0 Å². The molecule has 2 N–H and O–H groups in total. The lowest BCUT2D eigenvalue weighted by molar-refractivity contribution is 0.368. The lowest BCUT2D eigenvalue weighted by atomic mass is 10.0. The summed E-state index contributed by atoms with van der Waals surface area (Å²) in [6, 6.07) is 1.51. The van der Waals surface area contributed by atoms with Crippen molar-refractivity contribution in [1.29, 1.82) is 0 Å². The van der Waals surface area contributed by atoms with Gasteiger partial charge in [0.1, 0.15) is 0 Å². The van der Waals surface area contributed by atoms with Crippen LogP contribution in [0, 0.1) is 0 Å². The second kappa shape index (κ2) is 9.00. The fourth-order valence-corrected chi connectivity index (χ4v) is 2.48. The van der Waals surface area contributed by atoms with Gasteiger partial charge in [-0.1, -0.05) is 26.2 Å². The van der Waals surface area contributed by atoms with Crippen molar-refractivity contribution in [3.8, 4) is 0 Å². The molecule has 2 nitrogen and oxygen atoms in total. The summed E-state index contributed by atoms with van der Waals surface area (Å²) in [6.45, 7) is 7.02. The molecule has 0 bridgehead atoms. The summed E-state index contributed by atoms with van der Waals surface area (Å²) in [6.07, 6.45) is 10.9. The molecule has 0 radical (unpaired) electrons. The summed E-state index contributed by atoms with van der Waals surface area (Å²) in [5, 5.41) is 7.24. The van der Waals surface area contributed by atoms with E-state index in [1.807, 2.05) is 0 Å². The lowest BCUT2D eigenvalue weighted by Crippen LogP contribution is -2.35. The topological polar surface area (TPSA) is 24.1 Å². The van der Waals surface area contributed by atoms with Crippen molar-refractivity contribution in [2.24, 2.45) is 0 Å². The van der Waals surface area contributed by atoms with Crippen LogP contribution in [0.1, 0.15) is 65.2 Å². The molecule has 1 saturated heterocycles. The van der Waals surface area contributed by atoms with Gasteiger partial charge in [0.25, 0.3) is 0 Å². The number of rotatable bonds is 8. The molecule has 0 aliphatic carbocycles. The molecule has 96 valence electrons. The van der Waals surface area contributed by atoms with Crippen LogP contribution < -0.4 is 10.6 Å². The predicted octanol–water partition coefficient (Wildman–Crippen LogP) is 3.08. The van der Waals surface area contributed by atoms with E-state index in [1.165, 1.54) is 64.5 Å². The molecule has 1 heterocycles. The largest absolute Gasteiger partial charge is 0.314 e.